The Kier molecular flexibility index (Phi) is 25.6. The van der Waals surface area contributed by atoms with Gasteiger partial charge in [0.1, 0.15) is 0 Å². The molecule has 0 atom stereocenters. The Bertz CT molecular complexity index is 177. The van der Waals surface area contributed by atoms with Crippen molar-refractivity contribution in [1.29, 1.82) is 0 Å². The van der Waals surface area contributed by atoms with Crippen LogP contribution in [-0.4, -0.2) is 6.26 Å². The van der Waals surface area contributed by atoms with Gasteiger partial charge in [-0.2, -0.15) is 0 Å². The van der Waals surface area contributed by atoms with Gasteiger partial charge in [-0.15, -0.1) is 11.8 Å². The first kappa shape index (κ1) is 20.0. The molecule has 0 aliphatic carbocycles. The van der Waals surface area contributed by atoms with E-state index >= 15 is 0 Å². The van der Waals surface area contributed by atoms with E-state index in [1.54, 1.807) is 11.8 Å². The van der Waals surface area contributed by atoms with Crippen LogP contribution in [0.1, 0.15) is 47.1 Å². The highest BCUT2D eigenvalue weighted by atomic mass is 32.2. The highest BCUT2D eigenvalue weighted by Crippen LogP contribution is 2.13. The van der Waals surface area contributed by atoms with Crippen LogP contribution in [0.4, 0.5) is 0 Å². The Labute approximate surface area is 101 Å². The van der Waals surface area contributed by atoms with Crippen LogP contribution in [0.25, 0.3) is 0 Å². The standard InChI is InChI=1S/C8H10S.3C2H6/c1-7-3-5-8(9-2)6-4-7;3*1-2/h3-6H,1-2H3;3*1-2H3. The fourth-order valence-electron chi connectivity index (χ4n) is 0.674. The highest BCUT2D eigenvalue weighted by Gasteiger charge is 1.85. The highest BCUT2D eigenvalue weighted by molar-refractivity contribution is 7.98. The SMILES string of the molecule is CC.CC.CC.CSc1ccc(C)cc1. The van der Waals surface area contributed by atoms with E-state index in [-0.39, 0.29) is 0 Å². The first-order chi connectivity index (χ1) is 7.33. The largest absolute Gasteiger partial charge is 0.130 e. The van der Waals surface area contributed by atoms with Gasteiger partial charge in [0.25, 0.3) is 0 Å². The molecule has 0 N–H and O–H groups in total. The summed E-state index contributed by atoms with van der Waals surface area (Å²) >= 11 is 1.78. The van der Waals surface area contributed by atoms with Crippen LogP contribution < -0.4 is 0 Å². The van der Waals surface area contributed by atoms with E-state index in [0.29, 0.717) is 0 Å². The molecule has 0 aromatic heterocycles. The fraction of sp³-hybridized carbons (Fsp3) is 0.571. The lowest BCUT2D eigenvalue weighted by atomic mass is 10.2. The number of thioether (sulfide) groups is 1. The molecule has 1 aromatic rings. The van der Waals surface area contributed by atoms with Crippen molar-refractivity contribution in [3.63, 3.8) is 0 Å². The molecule has 0 unspecified atom stereocenters. The Hall–Kier alpha value is -0.430. The van der Waals surface area contributed by atoms with Crippen LogP contribution in [0.3, 0.4) is 0 Å². The Morgan fingerprint density at radius 1 is 0.733 bits per heavy atom. The summed E-state index contributed by atoms with van der Waals surface area (Å²) in [6.45, 7) is 14.1. The van der Waals surface area contributed by atoms with Gasteiger partial charge in [0.2, 0.25) is 0 Å². The molecule has 15 heavy (non-hydrogen) atoms. The molecule has 0 heterocycles. The molecule has 0 aliphatic heterocycles. The minimum Gasteiger partial charge on any atom is -0.130 e. The van der Waals surface area contributed by atoms with Crippen LogP contribution >= 0.6 is 11.8 Å². The zero-order chi connectivity index (χ0) is 12.7. The second kappa shape index (κ2) is 19.2. The lowest BCUT2D eigenvalue weighted by Crippen LogP contribution is -1.70. The zero-order valence-corrected chi connectivity index (χ0v) is 12.5. The summed E-state index contributed by atoms with van der Waals surface area (Å²) in [5, 5.41) is 0. The van der Waals surface area contributed by atoms with E-state index in [0.717, 1.165) is 0 Å². The van der Waals surface area contributed by atoms with Gasteiger partial charge in [-0.25, -0.2) is 0 Å². The fourth-order valence-corrected chi connectivity index (χ4v) is 1.08. The van der Waals surface area contributed by atoms with Crippen molar-refractivity contribution in [2.24, 2.45) is 0 Å². The first-order valence-corrected chi connectivity index (χ1v) is 7.16. The third-order valence-corrected chi connectivity index (χ3v) is 2.00. The van der Waals surface area contributed by atoms with Gasteiger partial charge in [-0.3, -0.25) is 0 Å². The molecule has 0 bridgehead atoms. The minimum atomic E-state index is 1.33. The molecule has 0 spiro atoms. The van der Waals surface area contributed by atoms with E-state index in [2.05, 4.69) is 37.4 Å². The molecule has 0 amide bonds. The molecular weight excluding hydrogens is 200 g/mol. The summed E-state index contributed by atoms with van der Waals surface area (Å²) in [5.74, 6) is 0. The van der Waals surface area contributed by atoms with Crippen LogP contribution in [0, 0.1) is 6.92 Å². The predicted octanol–water partition coefficient (Wildman–Crippen LogP) is 5.80. The predicted molar refractivity (Wildman–Crippen MR) is 77.0 cm³/mol. The molecule has 1 aromatic carbocycles. The number of aryl methyl sites for hydroxylation is 1. The quantitative estimate of drug-likeness (QED) is 0.548. The van der Waals surface area contributed by atoms with E-state index in [9.17, 15) is 0 Å². The van der Waals surface area contributed by atoms with Crippen molar-refractivity contribution in [3.05, 3.63) is 29.8 Å². The average Bonchev–Trinajstić information content (AvgIpc) is 2.38. The second-order valence-electron chi connectivity index (χ2n) is 2.02. The Morgan fingerprint density at radius 2 is 1.07 bits per heavy atom. The van der Waals surface area contributed by atoms with Gasteiger partial charge in [-0.1, -0.05) is 59.2 Å². The first-order valence-electron chi connectivity index (χ1n) is 5.93. The van der Waals surface area contributed by atoms with Crippen LogP contribution in [0.2, 0.25) is 0 Å². The Balaban J connectivity index is -0.000000208. The smallest absolute Gasteiger partial charge is 0.00693 e. The van der Waals surface area contributed by atoms with Gasteiger partial charge in [-0.05, 0) is 25.3 Å². The molecule has 0 saturated heterocycles. The summed E-state index contributed by atoms with van der Waals surface area (Å²) in [5.41, 5.74) is 1.33. The van der Waals surface area contributed by atoms with Crippen molar-refractivity contribution in [2.75, 3.05) is 6.26 Å². The van der Waals surface area contributed by atoms with Crippen molar-refractivity contribution >= 4 is 11.8 Å². The lowest BCUT2D eigenvalue weighted by Gasteiger charge is -1.93. The minimum absolute atomic E-state index is 1.33. The van der Waals surface area contributed by atoms with Gasteiger partial charge in [0, 0.05) is 4.90 Å². The normalized spacial score (nSPS) is 6.93. The molecule has 90 valence electrons. The monoisotopic (exact) mass is 228 g/mol. The van der Waals surface area contributed by atoms with Crippen molar-refractivity contribution in [3.8, 4) is 0 Å². The third-order valence-electron chi connectivity index (χ3n) is 1.26. The van der Waals surface area contributed by atoms with Crippen LogP contribution in [0.5, 0.6) is 0 Å². The van der Waals surface area contributed by atoms with Gasteiger partial charge >= 0.3 is 0 Å². The average molecular weight is 228 g/mol. The Morgan fingerprint density at radius 3 is 1.33 bits per heavy atom. The maximum atomic E-state index is 2.14. The van der Waals surface area contributed by atoms with E-state index in [1.807, 2.05) is 41.5 Å². The zero-order valence-electron chi connectivity index (χ0n) is 11.7. The molecule has 0 nitrogen and oxygen atoms in total. The maximum Gasteiger partial charge on any atom is 0.00693 e. The summed E-state index contributed by atoms with van der Waals surface area (Å²) in [7, 11) is 0. The number of hydrogen-bond donors (Lipinski definition) is 0. The molecule has 1 heteroatoms. The number of hydrogen-bond acceptors (Lipinski definition) is 1. The summed E-state index contributed by atoms with van der Waals surface area (Å²) in [4.78, 5) is 1.33. The molecule has 0 fully saturated rings. The van der Waals surface area contributed by atoms with Crippen LogP contribution in [0.15, 0.2) is 29.2 Å². The topological polar surface area (TPSA) is 0 Å². The summed E-state index contributed by atoms with van der Waals surface area (Å²) < 4.78 is 0. The summed E-state index contributed by atoms with van der Waals surface area (Å²) in [6.07, 6.45) is 2.09. The molecular formula is C14H28S. The van der Waals surface area contributed by atoms with E-state index in [4.69, 9.17) is 0 Å². The van der Waals surface area contributed by atoms with Crippen LogP contribution in [-0.2, 0) is 0 Å². The van der Waals surface area contributed by atoms with Crippen molar-refractivity contribution < 1.29 is 0 Å². The maximum absolute atomic E-state index is 2.14. The van der Waals surface area contributed by atoms with Crippen molar-refractivity contribution in [1.82, 2.24) is 0 Å². The van der Waals surface area contributed by atoms with Gasteiger partial charge < -0.3 is 0 Å². The lowest BCUT2D eigenvalue weighted by molar-refractivity contribution is 1.38. The van der Waals surface area contributed by atoms with Gasteiger partial charge in [0.05, 0.1) is 0 Å². The molecule has 0 aliphatic rings. The van der Waals surface area contributed by atoms with Crippen molar-refractivity contribution in [2.45, 2.75) is 53.4 Å². The molecule has 1 rings (SSSR count). The second-order valence-corrected chi connectivity index (χ2v) is 2.90. The number of rotatable bonds is 1. The summed E-state index contributed by atoms with van der Waals surface area (Å²) in [6, 6.07) is 8.54. The molecule has 0 saturated carbocycles. The third kappa shape index (κ3) is 13.6. The van der Waals surface area contributed by atoms with E-state index in [1.165, 1.54) is 10.5 Å². The van der Waals surface area contributed by atoms with E-state index < -0.39 is 0 Å². The van der Waals surface area contributed by atoms with Gasteiger partial charge in [0.15, 0.2) is 0 Å². The number of benzene rings is 1. The molecule has 0 radical (unpaired) electrons.